The summed E-state index contributed by atoms with van der Waals surface area (Å²) >= 11 is 6.39. The summed E-state index contributed by atoms with van der Waals surface area (Å²) in [5.41, 5.74) is 0.241. The van der Waals surface area contributed by atoms with E-state index in [-0.39, 0.29) is 5.50 Å². The smallest absolute Gasteiger partial charge is 0.149 e. The molecular weight excluding hydrogens is 312 g/mol. The number of benzene rings is 1. The summed E-state index contributed by atoms with van der Waals surface area (Å²) in [7, 11) is 0. The van der Waals surface area contributed by atoms with Crippen LogP contribution in [0.25, 0.3) is 0 Å². The van der Waals surface area contributed by atoms with E-state index in [0.29, 0.717) is 38.4 Å². The highest BCUT2D eigenvalue weighted by atomic mass is 35.5. The summed E-state index contributed by atoms with van der Waals surface area (Å²) in [5, 5.41) is 7.64. The van der Waals surface area contributed by atoms with Crippen molar-refractivity contribution in [2.24, 2.45) is 0 Å². The maximum Gasteiger partial charge on any atom is 0.149 e. The number of halogens is 3. The molecule has 0 spiro atoms. The van der Waals surface area contributed by atoms with Gasteiger partial charge in [-0.25, -0.2) is 13.5 Å². The first kappa shape index (κ1) is 15.2. The Morgan fingerprint density at radius 2 is 1.95 bits per heavy atom. The third kappa shape index (κ3) is 3.36. The van der Waals surface area contributed by atoms with Crippen LogP contribution < -0.4 is 4.90 Å². The highest BCUT2D eigenvalue weighted by molar-refractivity contribution is 6.20. The van der Waals surface area contributed by atoms with E-state index in [1.165, 1.54) is 12.1 Å². The van der Waals surface area contributed by atoms with Gasteiger partial charge in [0, 0.05) is 38.4 Å². The number of aromatic nitrogens is 3. The lowest BCUT2D eigenvalue weighted by Crippen LogP contribution is -2.50. The topological polar surface area (TPSA) is 37.2 Å². The van der Waals surface area contributed by atoms with Gasteiger partial charge in [-0.15, -0.1) is 16.7 Å². The first-order chi connectivity index (χ1) is 10.6. The first-order valence-electron chi connectivity index (χ1n) is 7.06. The molecule has 8 heteroatoms. The molecule has 0 aliphatic carbocycles. The maximum absolute atomic E-state index is 13.8. The Morgan fingerprint density at radius 3 is 2.59 bits per heavy atom. The minimum absolute atomic E-state index is 0.193. The molecule has 118 valence electrons. The molecule has 1 aliphatic rings. The van der Waals surface area contributed by atoms with Gasteiger partial charge in [0.15, 0.2) is 0 Å². The Balaban J connectivity index is 1.58. The second-order valence-electron chi connectivity index (χ2n) is 5.18. The van der Waals surface area contributed by atoms with Gasteiger partial charge in [0.2, 0.25) is 0 Å². The Labute approximate surface area is 132 Å². The minimum Gasteiger partial charge on any atom is -0.367 e. The molecule has 0 N–H and O–H groups in total. The van der Waals surface area contributed by atoms with Crippen LogP contribution in [-0.4, -0.2) is 51.6 Å². The van der Waals surface area contributed by atoms with Crippen molar-refractivity contribution in [1.29, 1.82) is 0 Å². The quantitative estimate of drug-likeness (QED) is 0.635. The second-order valence-corrected chi connectivity index (χ2v) is 5.68. The van der Waals surface area contributed by atoms with Crippen LogP contribution in [0.4, 0.5) is 14.5 Å². The van der Waals surface area contributed by atoms with E-state index < -0.39 is 11.6 Å². The Kier molecular flexibility index (Phi) is 4.54. The monoisotopic (exact) mass is 327 g/mol. The molecule has 2 aromatic rings. The van der Waals surface area contributed by atoms with Gasteiger partial charge in [-0.1, -0.05) is 5.21 Å². The summed E-state index contributed by atoms with van der Waals surface area (Å²) in [4.78, 5) is 4.02. The SMILES string of the molecule is Fc1ccc(N2CCN(C(Cl)Cn3ccnn3)CC2)c(F)c1. The lowest BCUT2D eigenvalue weighted by molar-refractivity contribution is 0.216. The molecule has 1 unspecified atom stereocenters. The van der Waals surface area contributed by atoms with E-state index in [1.54, 1.807) is 17.1 Å². The molecule has 1 aliphatic heterocycles. The normalized spacial score (nSPS) is 17.7. The molecule has 2 heterocycles. The van der Waals surface area contributed by atoms with Crippen LogP contribution in [0.15, 0.2) is 30.6 Å². The van der Waals surface area contributed by atoms with Crippen LogP contribution >= 0.6 is 11.6 Å². The summed E-state index contributed by atoms with van der Waals surface area (Å²) in [6.45, 7) is 3.25. The van der Waals surface area contributed by atoms with Gasteiger partial charge in [-0.2, -0.15) is 0 Å². The fourth-order valence-electron chi connectivity index (χ4n) is 2.58. The van der Waals surface area contributed by atoms with Crippen LogP contribution in [0.2, 0.25) is 0 Å². The predicted molar refractivity (Wildman–Crippen MR) is 79.8 cm³/mol. The number of rotatable bonds is 4. The highest BCUT2D eigenvalue weighted by Crippen LogP contribution is 2.22. The van der Waals surface area contributed by atoms with E-state index >= 15 is 0 Å². The van der Waals surface area contributed by atoms with Crippen LogP contribution in [0.5, 0.6) is 0 Å². The molecule has 5 nitrogen and oxygen atoms in total. The van der Waals surface area contributed by atoms with Gasteiger partial charge in [0.1, 0.15) is 17.1 Å². The van der Waals surface area contributed by atoms with Crippen molar-refractivity contribution in [3.8, 4) is 0 Å². The van der Waals surface area contributed by atoms with E-state index in [1.807, 2.05) is 4.90 Å². The number of anilines is 1. The molecule has 1 aromatic heterocycles. The predicted octanol–water partition coefficient (Wildman–Crippen LogP) is 1.94. The number of alkyl halides is 1. The molecular formula is C14H16ClF2N5. The fourth-order valence-corrected chi connectivity index (χ4v) is 2.92. The molecule has 1 fully saturated rings. The molecule has 0 bridgehead atoms. The Bertz CT molecular complexity index is 614. The highest BCUT2D eigenvalue weighted by Gasteiger charge is 2.24. The van der Waals surface area contributed by atoms with E-state index in [2.05, 4.69) is 15.2 Å². The van der Waals surface area contributed by atoms with E-state index in [4.69, 9.17) is 11.6 Å². The van der Waals surface area contributed by atoms with Gasteiger partial charge in [-0.05, 0) is 12.1 Å². The summed E-state index contributed by atoms with van der Waals surface area (Å²) < 4.78 is 28.5. The third-order valence-corrected chi connectivity index (χ3v) is 4.18. The van der Waals surface area contributed by atoms with Gasteiger partial charge in [-0.3, -0.25) is 4.90 Å². The average Bonchev–Trinajstić information content (AvgIpc) is 3.00. The molecule has 0 amide bonds. The minimum atomic E-state index is -0.562. The van der Waals surface area contributed by atoms with Crippen molar-refractivity contribution in [3.63, 3.8) is 0 Å². The standard InChI is InChI=1S/C14H16ClF2N5/c15-14(10-22-4-3-18-19-22)21-7-5-20(6-8-21)13-2-1-11(16)9-12(13)17/h1-4,9,14H,5-8,10H2. The van der Waals surface area contributed by atoms with Gasteiger partial charge in [0.05, 0.1) is 18.4 Å². The molecule has 0 saturated carbocycles. The number of hydrogen-bond donors (Lipinski definition) is 0. The van der Waals surface area contributed by atoms with Crippen LogP contribution in [0.1, 0.15) is 0 Å². The summed E-state index contributed by atoms with van der Waals surface area (Å²) in [6.07, 6.45) is 3.37. The Morgan fingerprint density at radius 1 is 1.18 bits per heavy atom. The lowest BCUT2D eigenvalue weighted by atomic mass is 10.2. The van der Waals surface area contributed by atoms with Gasteiger partial charge in [0.25, 0.3) is 0 Å². The van der Waals surface area contributed by atoms with Gasteiger partial charge < -0.3 is 4.90 Å². The van der Waals surface area contributed by atoms with Crippen LogP contribution in [0.3, 0.4) is 0 Å². The Hall–Kier alpha value is -1.73. The zero-order valence-electron chi connectivity index (χ0n) is 11.9. The summed E-state index contributed by atoms with van der Waals surface area (Å²) in [5.74, 6) is -1.09. The number of piperazine rings is 1. The van der Waals surface area contributed by atoms with E-state index in [9.17, 15) is 8.78 Å². The van der Waals surface area contributed by atoms with Crippen molar-refractivity contribution in [2.45, 2.75) is 12.0 Å². The first-order valence-corrected chi connectivity index (χ1v) is 7.49. The fraction of sp³-hybridized carbons (Fsp3) is 0.429. The van der Waals surface area contributed by atoms with Crippen molar-refractivity contribution < 1.29 is 8.78 Å². The zero-order valence-corrected chi connectivity index (χ0v) is 12.6. The van der Waals surface area contributed by atoms with Crippen LogP contribution in [-0.2, 0) is 6.54 Å². The van der Waals surface area contributed by atoms with Crippen molar-refractivity contribution in [3.05, 3.63) is 42.2 Å². The molecule has 1 aromatic carbocycles. The number of nitrogens with zero attached hydrogens (tertiary/aromatic N) is 5. The average molecular weight is 328 g/mol. The second kappa shape index (κ2) is 6.58. The molecule has 1 atom stereocenters. The molecule has 22 heavy (non-hydrogen) atoms. The van der Waals surface area contributed by atoms with Gasteiger partial charge >= 0.3 is 0 Å². The third-order valence-electron chi connectivity index (χ3n) is 3.77. The summed E-state index contributed by atoms with van der Waals surface area (Å²) in [6, 6.07) is 3.67. The van der Waals surface area contributed by atoms with Crippen LogP contribution in [0, 0.1) is 11.6 Å². The van der Waals surface area contributed by atoms with Crippen molar-refractivity contribution in [2.75, 3.05) is 31.1 Å². The maximum atomic E-state index is 13.8. The number of hydrogen-bond acceptors (Lipinski definition) is 4. The largest absolute Gasteiger partial charge is 0.367 e. The molecule has 3 rings (SSSR count). The van der Waals surface area contributed by atoms with E-state index in [0.717, 1.165) is 6.07 Å². The lowest BCUT2D eigenvalue weighted by Gasteiger charge is -2.38. The van der Waals surface area contributed by atoms with Crippen molar-refractivity contribution in [1.82, 2.24) is 19.9 Å². The van der Waals surface area contributed by atoms with Crippen molar-refractivity contribution >= 4 is 17.3 Å². The molecule has 1 saturated heterocycles. The zero-order chi connectivity index (χ0) is 15.5. The molecule has 0 radical (unpaired) electrons.